The number of amides is 1. The van der Waals surface area contributed by atoms with E-state index in [0.29, 0.717) is 17.4 Å². The van der Waals surface area contributed by atoms with Crippen LogP contribution in [0, 0.1) is 0 Å². The number of rotatable bonds is 37. The molecule has 3 N–H and O–H groups in total. The van der Waals surface area contributed by atoms with Crippen LogP contribution in [-0.2, 0) is 18.4 Å². The molecule has 0 saturated carbocycles. The molecule has 0 saturated heterocycles. The van der Waals surface area contributed by atoms with Gasteiger partial charge in [-0.25, -0.2) is 0 Å². The van der Waals surface area contributed by atoms with Crippen molar-refractivity contribution in [2.75, 3.05) is 40.9 Å². The standard InChI is InChI=1S/C45H81N2O7P/c1-6-8-10-12-14-16-18-20-21-22-24-25-27-29-31-33-35-42(48)37-38-45(50)46-43(41-54-55(51,52)53-40-39-47(3,4)5)44(49)36-34-32-30-28-26-23-19-17-15-13-11-9-7-2/h8,10,14,16,20-21,24-25,29,31,33,35,42-44,48-49H,6-7,9,11-13,15,17-19,22-23,26-28,30,32,34,36-41H2,1-5H3,(H-,46,50,51,52)/b10-8-,16-14-,21-20-,25-24-,31-29-,35-33-/t42?,43-,44+/m0/s1. The van der Waals surface area contributed by atoms with Gasteiger partial charge in [-0.2, -0.15) is 0 Å². The lowest BCUT2D eigenvalue weighted by atomic mass is 10.0. The van der Waals surface area contributed by atoms with E-state index in [0.717, 1.165) is 57.8 Å². The summed E-state index contributed by atoms with van der Waals surface area (Å²) in [6.07, 6.45) is 43.7. The van der Waals surface area contributed by atoms with Gasteiger partial charge in [0.05, 0.1) is 46.0 Å². The quantitative estimate of drug-likeness (QED) is 0.0188. The first-order valence-corrected chi connectivity index (χ1v) is 22.9. The van der Waals surface area contributed by atoms with E-state index in [4.69, 9.17) is 9.05 Å². The van der Waals surface area contributed by atoms with Crippen molar-refractivity contribution >= 4 is 13.7 Å². The number of allylic oxidation sites excluding steroid dienone is 11. The average molecular weight is 793 g/mol. The lowest BCUT2D eigenvalue weighted by molar-refractivity contribution is -0.870. The number of nitrogens with one attached hydrogen (secondary N) is 1. The average Bonchev–Trinajstić information content (AvgIpc) is 3.13. The molecule has 0 fully saturated rings. The summed E-state index contributed by atoms with van der Waals surface area (Å²) in [7, 11) is 1.15. The molecule has 10 heteroatoms. The lowest BCUT2D eigenvalue weighted by Gasteiger charge is -2.30. The van der Waals surface area contributed by atoms with Crippen LogP contribution in [0.25, 0.3) is 0 Å². The van der Waals surface area contributed by atoms with Crippen LogP contribution in [0.3, 0.4) is 0 Å². The smallest absolute Gasteiger partial charge is 0.268 e. The molecule has 0 heterocycles. The molecule has 1 amide bonds. The number of phosphoric acid groups is 1. The van der Waals surface area contributed by atoms with Crippen LogP contribution >= 0.6 is 7.82 Å². The van der Waals surface area contributed by atoms with Crippen LogP contribution in [0.5, 0.6) is 0 Å². The molecule has 0 radical (unpaired) electrons. The van der Waals surface area contributed by atoms with Crippen molar-refractivity contribution in [3.63, 3.8) is 0 Å². The third-order valence-corrected chi connectivity index (χ3v) is 10.0. The molecule has 0 bridgehead atoms. The van der Waals surface area contributed by atoms with E-state index in [2.05, 4.69) is 67.8 Å². The molecule has 0 aliphatic heterocycles. The normalized spacial score (nSPS) is 15.7. The van der Waals surface area contributed by atoms with Crippen molar-refractivity contribution < 1.29 is 38.0 Å². The third kappa shape index (κ3) is 38.5. The summed E-state index contributed by atoms with van der Waals surface area (Å²) in [5.41, 5.74) is 0. The molecule has 0 spiro atoms. The topological polar surface area (TPSA) is 128 Å². The zero-order valence-electron chi connectivity index (χ0n) is 35.5. The van der Waals surface area contributed by atoms with E-state index >= 15 is 0 Å². The van der Waals surface area contributed by atoms with Gasteiger partial charge in [-0.3, -0.25) is 9.36 Å². The van der Waals surface area contributed by atoms with Gasteiger partial charge in [-0.05, 0) is 44.9 Å². The highest BCUT2D eigenvalue weighted by molar-refractivity contribution is 7.45. The van der Waals surface area contributed by atoms with Gasteiger partial charge < -0.3 is 34.0 Å². The van der Waals surface area contributed by atoms with Crippen molar-refractivity contribution in [3.8, 4) is 0 Å². The first-order valence-electron chi connectivity index (χ1n) is 21.4. The molecular weight excluding hydrogens is 711 g/mol. The van der Waals surface area contributed by atoms with E-state index in [-0.39, 0.29) is 19.4 Å². The number of aliphatic hydroxyl groups excluding tert-OH is 2. The number of hydrogen-bond acceptors (Lipinski definition) is 7. The van der Waals surface area contributed by atoms with Gasteiger partial charge in [0.2, 0.25) is 5.91 Å². The Morgan fingerprint density at radius 1 is 0.691 bits per heavy atom. The third-order valence-electron chi connectivity index (χ3n) is 9.08. The van der Waals surface area contributed by atoms with Gasteiger partial charge in [0, 0.05) is 6.42 Å². The van der Waals surface area contributed by atoms with E-state index in [1.165, 1.54) is 57.8 Å². The predicted octanol–water partition coefficient (Wildman–Crippen LogP) is 9.97. The Labute approximate surface area is 336 Å². The van der Waals surface area contributed by atoms with Crippen molar-refractivity contribution in [2.45, 2.75) is 167 Å². The number of unbranched alkanes of at least 4 members (excludes halogenated alkanes) is 12. The Balaban J connectivity index is 4.67. The predicted molar refractivity (Wildman–Crippen MR) is 229 cm³/mol. The molecule has 9 nitrogen and oxygen atoms in total. The van der Waals surface area contributed by atoms with Gasteiger partial charge >= 0.3 is 0 Å². The molecule has 0 rings (SSSR count). The summed E-state index contributed by atoms with van der Waals surface area (Å²) in [5, 5.41) is 24.1. The van der Waals surface area contributed by atoms with Crippen molar-refractivity contribution in [2.24, 2.45) is 0 Å². The molecule has 55 heavy (non-hydrogen) atoms. The maximum absolute atomic E-state index is 12.9. The van der Waals surface area contributed by atoms with Crippen LogP contribution in [0.15, 0.2) is 72.9 Å². The molecule has 4 atom stereocenters. The zero-order chi connectivity index (χ0) is 40.9. The van der Waals surface area contributed by atoms with Crippen molar-refractivity contribution in [1.82, 2.24) is 5.32 Å². The molecule has 2 unspecified atom stereocenters. The monoisotopic (exact) mass is 793 g/mol. The van der Waals surface area contributed by atoms with Crippen LogP contribution in [0.1, 0.15) is 149 Å². The second-order valence-corrected chi connectivity index (χ2v) is 16.9. The number of carbonyl (C=O) groups excluding carboxylic acids is 1. The van der Waals surface area contributed by atoms with Gasteiger partial charge in [-0.1, -0.05) is 170 Å². The molecule has 0 aromatic heterocycles. The highest BCUT2D eigenvalue weighted by Crippen LogP contribution is 2.38. The summed E-state index contributed by atoms with van der Waals surface area (Å²) in [4.78, 5) is 25.3. The molecule has 318 valence electrons. The van der Waals surface area contributed by atoms with E-state index in [1.807, 2.05) is 33.3 Å². The van der Waals surface area contributed by atoms with Gasteiger partial charge in [0.25, 0.3) is 7.82 Å². The number of phosphoric ester groups is 1. The van der Waals surface area contributed by atoms with Crippen molar-refractivity contribution in [3.05, 3.63) is 72.9 Å². The number of likely N-dealkylation sites (N-methyl/N-ethyl adjacent to an activating group) is 1. The van der Waals surface area contributed by atoms with E-state index < -0.39 is 38.6 Å². The highest BCUT2D eigenvalue weighted by Gasteiger charge is 2.24. The Morgan fingerprint density at radius 2 is 1.18 bits per heavy atom. The second kappa shape index (κ2) is 36.3. The number of carbonyl (C=O) groups is 1. The number of quaternary nitrogens is 1. The molecule has 0 aromatic carbocycles. The van der Waals surface area contributed by atoms with Gasteiger partial charge in [-0.15, -0.1) is 0 Å². The largest absolute Gasteiger partial charge is 0.756 e. The Hall–Kier alpha value is -2.10. The first kappa shape index (κ1) is 52.9. The fourth-order valence-electron chi connectivity index (χ4n) is 5.61. The fraction of sp³-hybridized carbons (Fsp3) is 0.711. The van der Waals surface area contributed by atoms with Crippen LogP contribution in [-0.4, -0.2) is 79.8 Å². The molecule has 0 aromatic rings. The minimum atomic E-state index is -4.63. The Morgan fingerprint density at radius 3 is 1.69 bits per heavy atom. The summed E-state index contributed by atoms with van der Waals surface area (Å²) < 4.78 is 23.1. The number of hydrogen-bond donors (Lipinski definition) is 3. The zero-order valence-corrected chi connectivity index (χ0v) is 36.4. The minimum Gasteiger partial charge on any atom is -0.756 e. The van der Waals surface area contributed by atoms with Crippen molar-refractivity contribution in [1.29, 1.82) is 0 Å². The van der Waals surface area contributed by atoms with Crippen LogP contribution in [0.2, 0.25) is 0 Å². The van der Waals surface area contributed by atoms with E-state index in [1.54, 1.807) is 12.2 Å². The van der Waals surface area contributed by atoms with Crippen LogP contribution < -0.4 is 10.2 Å². The Kier molecular flexibility index (Phi) is 34.9. The highest BCUT2D eigenvalue weighted by atomic mass is 31.2. The Bertz CT molecular complexity index is 1140. The van der Waals surface area contributed by atoms with Gasteiger partial charge in [0.1, 0.15) is 13.2 Å². The summed E-state index contributed by atoms with van der Waals surface area (Å²) in [6.45, 7) is 4.38. The maximum atomic E-state index is 12.9. The maximum Gasteiger partial charge on any atom is 0.268 e. The lowest BCUT2D eigenvalue weighted by Crippen LogP contribution is -2.46. The summed E-state index contributed by atoms with van der Waals surface area (Å²) in [5.74, 6) is -0.396. The minimum absolute atomic E-state index is 0.00810. The SMILES string of the molecule is CC/C=C\C/C=C\C/C=C\C/C=C\C/C=C\C=C/C(O)CCC(=O)N[C@@H](COP(=O)([O-])OCC[N+](C)(C)C)[C@H](O)CCCCCCCCCCCCCCC. The molecule has 0 aliphatic rings. The number of nitrogens with zero attached hydrogens (tertiary/aromatic N) is 1. The summed E-state index contributed by atoms with van der Waals surface area (Å²) >= 11 is 0. The van der Waals surface area contributed by atoms with E-state index in [9.17, 15) is 24.5 Å². The molecular formula is C45H81N2O7P. The molecule has 0 aliphatic carbocycles. The fourth-order valence-corrected chi connectivity index (χ4v) is 6.34. The van der Waals surface area contributed by atoms with Crippen LogP contribution in [0.4, 0.5) is 0 Å². The van der Waals surface area contributed by atoms with Gasteiger partial charge in [0.15, 0.2) is 0 Å². The second-order valence-electron chi connectivity index (χ2n) is 15.5. The first-order chi connectivity index (χ1) is 26.4. The number of aliphatic hydroxyl groups is 2. The summed E-state index contributed by atoms with van der Waals surface area (Å²) in [6, 6.07) is -0.928.